The Labute approximate surface area is 111 Å². The number of nitrogens with one attached hydrogen (secondary N) is 1. The molecule has 7 heteroatoms. The fourth-order valence-corrected chi connectivity index (χ4v) is 2.82. The first-order valence-electron chi connectivity index (χ1n) is 5.91. The number of rotatable bonds is 6. The Bertz CT molecular complexity index is 580. The minimum Gasteiger partial charge on any atom is -0.478 e. The predicted octanol–water partition coefficient (Wildman–Crippen LogP) is 0.434. The molecule has 1 saturated carbocycles. The average Bonchev–Trinajstić information content (AvgIpc) is 3.20. The lowest BCUT2D eigenvalue weighted by atomic mass is 10.2. The zero-order valence-corrected chi connectivity index (χ0v) is 10.9. The van der Waals surface area contributed by atoms with Crippen LogP contribution in [0, 0.1) is 5.92 Å². The summed E-state index contributed by atoms with van der Waals surface area (Å²) >= 11 is 0. The van der Waals surface area contributed by atoms with E-state index >= 15 is 0 Å². The number of carboxylic acid groups (broad SMARTS) is 1. The number of hydrogen-bond donors (Lipinski definition) is 3. The Morgan fingerprint density at radius 1 is 1.42 bits per heavy atom. The molecular weight excluding hydrogens is 270 g/mol. The molecule has 0 heterocycles. The van der Waals surface area contributed by atoms with E-state index in [0.29, 0.717) is 0 Å². The smallest absolute Gasteiger partial charge is 0.335 e. The Morgan fingerprint density at radius 3 is 2.68 bits per heavy atom. The zero-order valence-electron chi connectivity index (χ0n) is 10.1. The van der Waals surface area contributed by atoms with Crippen LogP contribution in [-0.4, -0.2) is 37.2 Å². The normalized spacial score (nSPS) is 17.1. The minimum absolute atomic E-state index is 0.0513. The Hall–Kier alpha value is -1.44. The Balaban J connectivity index is 2.09. The number of aromatic carboxylic acids is 1. The summed E-state index contributed by atoms with van der Waals surface area (Å²) in [5, 5.41) is 18.4. The molecule has 3 N–H and O–H groups in total. The van der Waals surface area contributed by atoms with Crippen LogP contribution in [0.15, 0.2) is 29.2 Å². The lowest BCUT2D eigenvalue weighted by Crippen LogP contribution is -2.33. The van der Waals surface area contributed by atoms with Crippen molar-refractivity contribution in [2.45, 2.75) is 23.8 Å². The monoisotopic (exact) mass is 285 g/mol. The van der Waals surface area contributed by atoms with Crippen LogP contribution >= 0.6 is 0 Å². The second kappa shape index (κ2) is 5.28. The van der Waals surface area contributed by atoms with Crippen molar-refractivity contribution < 1.29 is 23.4 Å². The summed E-state index contributed by atoms with van der Waals surface area (Å²) in [6.07, 6.45) is 1.15. The van der Waals surface area contributed by atoms with Crippen LogP contribution in [0.2, 0.25) is 0 Å². The van der Waals surface area contributed by atoms with E-state index in [1.807, 2.05) is 0 Å². The summed E-state index contributed by atoms with van der Waals surface area (Å²) in [5.41, 5.74) is -0.0920. The van der Waals surface area contributed by atoms with Gasteiger partial charge in [0.1, 0.15) is 0 Å². The molecular formula is C12H15NO5S. The molecule has 19 heavy (non-hydrogen) atoms. The molecule has 0 saturated heterocycles. The second-order valence-electron chi connectivity index (χ2n) is 4.59. The third-order valence-electron chi connectivity index (χ3n) is 3.04. The van der Waals surface area contributed by atoms with Crippen LogP contribution in [0.25, 0.3) is 0 Å². The molecule has 0 aliphatic heterocycles. The minimum atomic E-state index is -3.79. The summed E-state index contributed by atoms with van der Waals surface area (Å²) in [6, 6.07) is 5.10. The lowest BCUT2D eigenvalue weighted by molar-refractivity contribution is 0.0696. The molecule has 1 unspecified atom stereocenters. The summed E-state index contributed by atoms with van der Waals surface area (Å²) in [4.78, 5) is 10.7. The number of aliphatic hydroxyl groups excluding tert-OH is 1. The maximum Gasteiger partial charge on any atom is 0.335 e. The quantitative estimate of drug-likeness (QED) is 0.703. The number of hydrogen-bond acceptors (Lipinski definition) is 4. The fourth-order valence-electron chi connectivity index (χ4n) is 1.72. The first-order chi connectivity index (χ1) is 8.90. The molecule has 1 aromatic carbocycles. The van der Waals surface area contributed by atoms with Crippen molar-refractivity contribution in [3.63, 3.8) is 0 Å². The molecule has 1 aromatic rings. The Morgan fingerprint density at radius 2 is 2.11 bits per heavy atom. The molecule has 0 radical (unpaired) electrons. The van der Waals surface area contributed by atoms with Gasteiger partial charge in [0.05, 0.1) is 16.6 Å². The molecule has 6 nitrogen and oxygen atoms in total. The summed E-state index contributed by atoms with van der Waals surface area (Å²) in [6.45, 7) is -0.0513. The second-order valence-corrected chi connectivity index (χ2v) is 6.36. The van der Waals surface area contributed by atoms with Gasteiger partial charge in [-0.2, -0.15) is 0 Å². The van der Waals surface area contributed by atoms with Gasteiger partial charge in [0.2, 0.25) is 10.0 Å². The van der Waals surface area contributed by atoms with Crippen molar-refractivity contribution in [2.75, 3.05) is 6.54 Å². The van der Waals surface area contributed by atoms with Gasteiger partial charge in [0.25, 0.3) is 0 Å². The largest absolute Gasteiger partial charge is 0.478 e. The number of carbonyl (C=O) groups is 1. The number of carboxylic acids is 1. The first-order valence-corrected chi connectivity index (χ1v) is 7.39. The van der Waals surface area contributed by atoms with E-state index in [9.17, 15) is 18.3 Å². The van der Waals surface area contributed by atoms with Gasteiger partial charge in [-0.3, -0.25) is 0 Å². The van der Waals surface area contributed by atoms with Crippen LogP contribution < -0.4 is 4.72 Å². The van der Waals surface area contributed by atoms with Gasteiger partial charge in [-0.25, -0.2) is 17.9 Å². The van der Waals surface area contributed by atoms with Gasteiger partial charge >= 0.3 is 5.97 Å². The topological polar surface area (TPSA) is 104 Å². The molecule has 0 amide bonds. The van der Waals surface area contributed by atoms with Crippen molar-refractivity contribution in [1.29, 1.82) is 0 Å². The van der Waals surface area contributed by atoms with Crippen molar-refractivity contribution in [2.24, 2.45) is 5.92 Å². The van der Waals surface area contributed by atoms with Crippen LogP contribution in [0.4, 0.5) is 0 Å². The molecule has 1 atom stereocenters. The number of benzene rings is 1. The van der Waals surface area contributed by atoms with Crippen molar-refractivity contribution in [1.82, 2.24) is 4.72 Å². The van der Waals surface area contributed by atoms with E-state index in [1.54, 1.807) is 0 Å². The van der Waals surface area contributed by atoms with Crippen LogP contribution in [-0.2, 0) is 10.0 Å². The van der Waals surface area contributed by atoms with Crippen molar-refractivity contribution in [3.8, 4) is 0 Å². The first kappa shape index (κ1) is 14.0. The molecule has 1 aliphatic carbocycles. The summed E-state index contributed by atoms with van der Waals surface area (Å²) < 4.78 is 26.2. The molecule has 1 fully saturated rings. The average molecular weight is 285 g/mol. The maximum atomic E-state index is 11.9. The van der Waals surface area contributed by atoms with Gasteiger partial charge in [-0.15, -0.1) is 0 Å². The molecule has 1 aliphatic rings. The van der Waals surface area contributed by atoms with Crippen LogP contribution in [0.5, 0.6) is 0 Å². The molecule has 2 rings (SSSR count). The highest BCUT2D eigenvalue weighted by atomic mass is 32.2. The van der Waals surface area contributed by atoms with E-state index in [1.165, 1.54) is 18.2 Å². The summed E-state index contributed by atoms with van der Waals surface area (Å²) in [5.74, 6) is -1.01. The Kier molecular flexibility index (Phi) is 3.88. The third kappa shape index (κ3) is 3.52. The van der Waals surface area contributed by atoms with Crippen LogP contribution in [0.3, 0.4) is 0 Å². The lowest BCUT2D eigenvalue weighted by Gasteiger charge is -2.11. The van der Waals surface area contributed by atoms with E-state index < -0.39 is 22.1 Å². The zero-order chi connectivity index (χ0) is 14.0. The molecule has 0 spiro atoms. The van der Waals surface area contributed by atoms with Crippen molar-refractivity contribution >= 4 is 16.0 Å². The van der Waals surface area contributed by atoms with Crippen molar-refractivity contribution in [3.05, 3.63) is 29.8 Å². The van der Waals surface area contributed by atoms with E-state index in [0.717, 1.165) is 18.9 Å². The fraction of sp³-hybridized carbons (Fsp3) is 0.417. The van der Waals surface area contributed by atoms with E-state index in [2.05, 4.69) is 4.72 Å². The standard InChI is InChI=1S/C12H15NO5S/c14-11(8-4-5-8)7-13-19(17,18)10-3-1-2-9(6-10)12(15)16/h1-3,6,8,11,13-14H,4-5,7H2,(H,15,16). The van der Waals surface area contributed by atoms with Gasteiger partial charge in [0.15, 0.2) is 0 Å². The number of aliphatic hydroxyl groups is 1. The van der Waals surface area contributed by atoms with E-state index in [-0.39, 0.29) is 22.9 Å². The van der Waals surface area contributed by atoms with Crippen LogP contribution in [0.1, 0.15) is 23.2 Å². The van der Waals surface area contributed by atoms with E-state index in [4.69, 9.17) is 5.11 Å². The molecule has 0 bridgehead atoms. The SMILES string of the molecule is O=C(O)c1cccc(S(=O)(=O)NCC(O)C2CC2)c1. The summed E-state index contributed by atoms with van der Waals surface area (Å²) in [7, 11) is -3.79. The van der Waals surface area contributed by atoms with Gasteiger partial charge < -0.3 is 10.2 Å². The molecule has 104 valence electrons. The van der Waals surface area contributed by atoms with Gasteiger partial charge in [0, 0.05) is 6.54 Å². The number of sulfonamides is 1. The van der Waals surface area contributed by atoms with Gasteiger partial charge in [-0.05, 0) is 37.0 Å². The van der Waals surface area contributed by atoms with Gasteiger partial charge in [-0.1, -0.05) is 6.07 Å². The highest BCUT2D eigenvalue weighted by Crippen LogP contribution is 2.32. The third-order valence-corrected chi connectivity index (χ3v) is 4.46. The highest BCUT2D eigenvalue weighted by molar-refractivity contribution is 7.89. The highest BCUT2D eigenvalue weighted by Gasteiger charge is 2.30. The maximum absolute atomic E-state index is 11.9. The molecule has 0 aromatic heterocycles. The predicted molar refractivity (Wildman–Crippen MR) is 67.3 cm³/mol.